The molecular formula is C18H19ClN2O2. The molecule has 4 nitrogen and oxygen atoms in total. The van der Waals surface area contributed by atoms with Crippen molar-refractivity contribution in [3.8, 4) is 0 Å². The van der Waals surface area contributed by atoms with E-state index in [9.17, 15) is 9.59 Å². The van der Waals surface area contributed by atoms with Crippen molar-refractivity contribution in [3.63, 3.8) is 0 Å². The number of nitrogens with one attached hydrogen (secondary N) is 2. The van der Waals surface area contributed by atoms with E-state index < -0.39 is 0 Å². The zero-order valence-electron chi connectivity index (χ0n) is 12.9. The van der Waals surface area contributed by atoms with E-state index in [1.165, 1.54) is 0 Å². The molecule has 0 aliphatic heterocycles. The van der Waals surface area contributed by atoms with Crippen molar-refractivity contribution < 1.29 is 9.59 Å². The fourth-order valence-electron chi connectivity index (χ4n) is 2.03. The second kappa shape index (κ2) is 8.34. The van der Waals surface area contributed by atoms with Gasteiger partial charge < -0.3 is 10.6 Å². The van der Waals surface area contributed by atoms with Crippen LogP contribution in [-0.4, -0.2) is 18.4 Å². The first-order chi connectivity index (χ1) is 11.1. The van der Waals surface area contributed by atoms with Gasteiger partial charge >= 0.3 is 0 Å². The summed E-state index contributed by atoms with van der Waals surface area (Å²) in [7, 11) is 0. The Labute approximate surface area is 140 Å². The molecule has 2 aromatic carbocycles. The first-order valence-electron chi connectivity index (χ1n) is 7.51. The minimum Gasteiger partial charge on any atom is -0.352 e. The standard InChI is InChI=1S/C18H19ClN2O2/c1-2-10-20-17(22)14-4-3-5-15(11-14)18(23)21-12-13-6-8-16(19)9-7-13/h3-9,11H,2,10,12H2,1H3,(H,20,22)(H,21,23). The molecule has 0 saturated heterocycles. The molecule has 0 heterocycles. The lowest BCUT2D eigenvalue weighted by atomic mass is 10.1. The minimum absolute atomic E-state index is 0.167. The summed E-state index contributed by atoms with van der Waals surface area (Å²) in [4.78, 5) is 24.1. The van der Waals surface area contributed by atoms with Gasteiger partial charge in [-0.05, 0) is 42.3 Å². The summed E-state index contributed by atoms with van der Waals surface area (Å²) in [6.45, 7) is 3.01. The number of amides is 2. The van der Waals surface area contributed by atoms with Crippen LogP contribution in [0.15, 0.2) is 48.5 Å². The molecule has 0 fully saturated rings. The highest BCUT2D eigenvalue weighted by Crippen LogP contribution is 2.10. The Kier molecular flexibility index (Phi) is 6.18. The van der Waals surface area contributed by atoms with Gasteiger partial charge in [-0.3, -0.25) is 9.59 Å². The molecule has 2 amide bonds. The number of halogens is 1. The lowest BCUT2D eigenvalue weighted by molar-refractivity contribution is 0.0950. The van der Waals surface area contributed by atoms with Crippen molar-refractivity contribution in [3.05, 3.63) is 70.2 Å². The van der Waals surface area contributed by atoms with Gasteiger partial charge in [-0.1, -0.05) is 36.7 Å². The van der Waals surface area contributed by atoms with Crippen LogP contribution in [0.2, 0.25) is 5.02 Å². The van der Waals surface area contributed by atoms with Crippen LogP contribution in [-0.2, 0) is 6.54 Å². The molecule has 0 radical (unpaired) electrons. The van der Waals surface area contributed by atoms with E-state index in [0.717, 1.165) is 12.0 Å². The highest BCUT2D eigenvalue weighted by atomic mass is 35.5. The maximum absolute atomic E-state index is 12.2. The molecule has 120 valence electrons. The summed E-state index contributed by atoms with van der Waals surface area (Å²) in [5.41, 5.74) is 1.90. The zero-order valence-corrected chi connectivity index (χ0v) is 13.7. The lowest BCUT2D eigenvalue weighted by Gasteiger charge is -2.08. The van der Waals surface area contributed by atoms with Gasteiger partial charge in [0.1, 0.15) is 0 Å². The summed E-state index contributed by atoms with van der Waals surface area (Å²) in [6.07, 6.45) is 0.868. The highest BCUT2D eigenvalue weighted by Gasteiger charge is 2.10. The minimum atomic E-state index is -0.218. The Morgan fingerprint density at radius 1 is 0.957 bits per heavy atom. The topological polar surface area (TPSA) is 58.2 Å². The van der Waals surface area contributed by atoms with Crippen LogP contribution in [0.4, 0.5) is 0 Å². The van der Waals surface area contributed by atoms with Gasteiger partial charge in [0.15, 0.2) is 0 Å². The first-order valence-corrected chi connectivity index (χ1v) is 7.89. The third-order valence-corrected chi connectivity index (χ3v) is 3.54. The second-order valence-corrected chi connectivity index (χ2v) is 5.58. The Hall–Kier alpha value is -2.33. The molecular weight excluding hydrogens is 312 g/mol. The molecule has 2 N–H and O–H groups in total. The van der Waals surface area contributed by atoms with Gasteiger partial charge in [0.2, 0.25) is 0 Å². The molecule has 23 heavy (non-hydrogen) atoms. The Bertz CT molecular complexity index is 684. The van der Waals surface area contributed by atoms with Crippen LogP contribution in [0.25, 0.3) is 0 Å². The van der Waals surface area contributed by atoms with E-state index in [2.05, 4.69) is 10.6 Å². The Morgan fingerprint density at radius 2 is 1.57 bits per heavy atom. The number of carbonyl (C=O) groups is 2. The molecule has 0 aliphatic rings. The number of carbonyl (C=O) groups excluding carboxylic acids is 2. The molecule has 2 aromatic rings. The van der Waals surface area contributed by atoms with E-state index in [1.54, 1.807) is 36.4 Å². The molecule has 0 bridgehead atoms. The van der Waals surface area contributed by atoms with Crippen LogP contribution in [0.5, 0.6) is 0 Å². The summed E-state index contributed by atoms with van der Waals surface area (Å²) < 4.78 is 0. The molecule has 0 aromatic heterocycles. The second-order valence-electron chi connectivity index (χ2n) is 5.15. The van der Waals surface area contributed by atoms with E-state index in [-0.39, 0.29) is 11.8 Å². The Balaban J connectivity index is 1.99. The fraction of sp³-hybridized carbons (Fsp3) is 0.222. The SMILES string of the molecule is CCCNC(=O)c1cccc(C(=O)NCc2ccc(Cl)cc2)c1. The maximum Gasteiger partial charge on any atom is 0.251 e. The van der Waals surface area contributed by atoms with Gasteiger partial charge in [0, 0.05) is 29.2 Å². The lowest BCUT2D eigenvalue weighted by Crippen LogP contribution is -2.26. The van der Waals surface area contributed by atoms with E-state index in [4.69, 9.17) is 11.6 Å². The van der Waals surface area contributed by atoms with Crippen molar-refractivity contribution in [1.82, 2.24) is 10.6 Å². The molecule has 0 aliphatic carbocycles. The Morgan fingerprint density at radius 3 is 2.17 bits per heavy atom. The molecule has 0 unspecified atom stereocenters. The molecule has 5 heteroatoms. The highest BCUT2D eigenvalue weighted by molar-refractivity contribution is 6.30. The molecule has 0 saturated carbocycles. The zero-order chi connectivity index (χ0) is 16.7. The average Bonchev–Trinajstić information content (AvgIpc) is 2.59. The smallest absolute Gasteiger partial charge is 0.251 e. The van der Waals surface area contributed by atoms with E-state index in [1.807, 2.05) is 19.1 Å². The third kappa shape index (κ3) is 5.11. The van der Waals surface area contributed by atoms with Gasteiger partial charge in [-0.15, -0.1) is 0 Å². The summed E-state index contributed by atoms with van der Waals surface area (Å²) >= 11 is 5.83. The summed E-state index contributed by atoms with van der Waals surface area (Å²) in [6, 6.07) is 14.0. The van der Waals surface area contributed by atoms with E-state index >= 15 is 0 Å². The quantitative estimate of drug-likeness (QED) is 0.852. The number of hydrogen-bond donors (Lipinski definition) is 2. The van der Waals surface area contributed by atoms with Gasteiger partial charge in [-0.2, -0.15) is 0 Å². The van der Waals surface area contributed by atoms with E-state index in [0.29, 0.717) is 29.2 Å². The number of benzene rings is 2. The third-order valence-electron chi connectivity index (χ3n) is 3.29. The summed E-state index contributed by atoms with van der Waals surface area (Å²) in [5.74, 6) is -0.385. The van der Waals surface area contributed by atoms with Gasteiger partial charge in [0.25, 0.3) is 11.8 Å². The largest absolute Gasteiger partial charge is 0.352 e. The maximum atomic E-state index is 12.2. The van der Waals surface area contributed by atoms with Crippen molar-refractivity contribution >= 4 is 23.4 Å². The van der Waals surface area contributed by atoms with Crippen molar-refractivity contribution in [1.29, 1.82) is 0 Å². The van der Waals surface area contributed by atoms with Crippen molar-refractivity contribution in [2.24, 2.45) is 0 Å². The average molecular weight is 331 g/mol. The predicted molar refractivity (Wildman–Crippen MR) is 91.7 cm³/mol. The number of rotatable bonds is 6. The van der Waals surface area contributed by atoms with Gasteiger partial charge in [-0.25, -0.2) is 0 Å². The summed E-state index contributed by atoms with van der Waals surface area (Å²) in [5, 5.41) is 6.28. The van der Waals surface area contributed by atoms with Crippen molar-refractivity contribution in [2.75, 3.05) is 6.54 Å². The first kappa shape index (κ1) is 17.0. The van der Waals surface area contributed by atoms with Crippen LogP contribution >= 0.6 is 11.6 Å². The monoisotopic (exact) mass is 330 g/mol. The fourth-order valence-corrected chi connectivity index (χ4v) is 2.15. The predicted octanol–water partition coefficient (Wildman–Crippen LogP) is 3.41. The molecule has 0 spiro atoms. The van der Waals surface area contributed by atoms with Crippen LogP contribution < -0.4 is 10.6 Å². The molecule has 0 atom stereocenters. The number of hydrogen-bond acceptors (Lipinski definition) is 2. The van der Waals surface area contributed by atoms with Gasteiger partial charge in [0.05, 0.1) is 0 Å². The molecule has 2 rings (SSSR count). The van der Waals surface area contributed by atoms with Crippen molar-refractivity contribution in [2.45, 2.75) is 19.9 Å². The van der Waals surface area contributed by atoms with Crippen LogP contribution in [0, 0.1) is 0 Å². The van der Waals surface area contributed by atoms with Crippen LogP contribution in [0.1, 0.15) is 39.6 Å². The normalized spacial score (nSPS) is 10.2. The van der Waals surface area contributed by atoms with Crippen LogP contribution in [0.3, 0.4) is 0 Å².